The van der Waals surface area contributed by atoms with Gasteiger partial charge in [-0.2, -0.15) is 0 Å². The van der Waals surface area contributed by atoms with E-state index in [1.165, 1.54) is 5.69 Å². The SMILES string of the molecule is CC1(C)[C@H](Cc2cc(CN3CCN(c4ccccc4)CC3)on2)C[C@@H]1NS(=O)(=O)Cc1ccccc1. The Hall–Kier alpha value is -2.68. The van der Waals surface area contributed by atoms with Crippen molar-refractivity contribution in [3.05, 3.63) is 83.7 Å². The standard InChI is InChI=1S/C28H36N4O3S/c1-28(2)23(18-27(28)30-36(33,34)21-22-9-5-3-6-10-22)17-24-19-26(35-29-24)20-31-13-15-32(16-14-31)25-11-7-4-8-12-25/h3-12,19,23,27,30H,13-18,20-21H2,1-2H3/t23-,27+/m1/s1. The summed E-state index contributed by atoms with van der Waals surface area (Å²) in [6.45, 7) is 9.04. The predicted molar refractivity (Wildman–Crippen MR) is 142 cm³/mol. The number of aromatic nitrogens is 1. The minimum atomic E-state index is -3.39. The Kier molecular flexibility index (Phi) is 7.19. The van der Waals surface area contributed by atoms with Gasteiger partial charge in [-0.3, -0.25) is 4.90 Å². The minimum absolute atomic E-state index is 0.0113. The number of anilines is 1. The topological polar surface area (TPSA) is 78.7 Å². The van der Waals surface area contributed by atoms with Gasteiger partial charge >= 0.3 is 0 Å². The van der Waals surface area contributed by atoms with Crippen molar-refractivity contribution in [2.24, 2.45) is 11.3 Å². The van der Waals surface area contributed by atoms with E-state index in [-0.39, 0.29) is 17.2 Å². The Bertz CT molecular complexity index is 1240. The van der Waals surface area contributed by atoms with Gasteiger partial charge in [0.05, 0.1) is 18.0 Å². The number of hydrogen-bond donors (Lipinski definition) is 1. The second kappa shape index (κ2) is 10.4. The molecule has 0 bridgehead atoms. The van der Waals surface area contributed by atoms with Gasteiger partial charge in [0.15, 0.2) is 5.76 Å². The van der Waals surface area contributed by atoms with E-state index < -0.39 is 10.0 Å². The van der Waals surface area contributed by atoms with E-state index in [9.17, 15) is 8.42 Å². The average Bonchev–Trinajstić information content (AvgIpc) is 3.31. The molecular formula is C28H36N4O3S. The molecule has 2 atom stereocenters. The molecule has 0 spiro atoms. The molecule has 5 rings (SSSR count). The van der Waals surface area contributed by atoms with Crippen LogP contribution in [0.25, 0.3) is 0 Å². The van der Waals surface area contributed by atoms with Crippen LogP contribution in [-0.4, -0.2) is 50.7 Å². The molecule has 2 aromatic carbocycles. The average molecular weight is 509 g/mol. The number of para-hydroxylation sites is 1. The van der Waals surface area contributed by atoms with Crippen molar-refractivity contribution < 1.29 is 12.9 Å². The molecule has 8 heteroatoms. The van der Waals surface area contributed by atoms with Crippen LogP contribution in [0, 0.1) is 11.3 Å². The molecule has 1 saturated carbocycles. The minimum Gasteiger partial charge on any atom is -0.369 e. The molecule has 1 aliphatic carbocycles. The lowest BCUT2D eigenvalue weighted by atomic mass is 9.57. The molecule has 1 aromatic heterocycles. The van der Waals surface area contributed by atoms with E-state index in [1.807, 2.05) is 30.3 Å². The van der Waals surface area contributed by atoms with Crippen molar-refractivity contribution in [1.29, 1.82) is 0 Å². The van der Waals surface area contributed by atoms with Gasteiger partial charge in [0.25, 0.3) is 0 Å². The van der Waals surface area contributed by atoms with E-state index in [0.29, 0.717) is 5.92 Å². The van der Waals surface area contributed by atoms with Crippen molar-refractivity contribution in [3.8, 4) is 0 Å². The molecule has 192 valence electrons. The fourth-order valence-electron chi connectivity index (χ4n) is 5.42. The summed E-state index contributed by atoms with van der Waals surface area (Å²) in [4.78, 5) is 4.83. The van der Waals surface area contributed by atoms with E-state index in [2.05, 4.69) is 69.9 Å². The zero-order chi connectivity index (χ0) is 25.2. The number of sulfonamides is 1. The van der Waals surface area contributed by atoms with Crippen LogP contribution in [0.5, 0.6) is 0 Å². The number of nitrogens with one attached hydrogen (secondary N) is 1. The quantitative estimate of drug-likeness (QED) is 0.469. The molecule has 0 unspecified atom stereocenters. The summed E-state index contributed by atoms with van der Waals surface area (Å²) in [6.07, 6.45) is 1.61. The molecule has 36 heavy (non-hydrogen) atoms. The summed E-state index contributed by atoms with van der Waals surface area (Å²) in [5.74, 6) is 1.27. The van der Waals surface area contributed by atoms with Gasteiger partial charge in [0.2, 0.25) is 10.0 Å². The Morgan fingerprint density at radius 2 is 1.67 bits per heavy atom. The highest BCUT2D eigenvalue weighted by atomic mass is 32.2. The van der Waals surface area contributed by atoms with Crippen LogP contribution in [0.15, 0.2) is 71.3 Å². The Balaban J connectivity index is 1.10. The van der Waals surface area contributed by atoms with Gasteiger partial charge in [0.1, 0.15) is 0 Å². The van der Waals surface area contributed by atoms with Gasteiger partial charge in [-0.25, -0.2) is 13.1 Å². The molecule has 0 radical (unpaired) electrons. The van der Waals surface area contributed by atoms with Crippen LogP contribution in [0.2, 0.25) is 0 Å². The molecule has 1 saturated heterocycles. The summed E-state index contributed by atoms with van der Waals surface area (Å²) >= 11 is 0. The fourth-order valence-corrected chi connectivity index (χ4v) is 6.96. The third-order valence-electron chi connectivity index (χ3n) is 7.93. The van der Waals surface area contributed by atoms with Crippen molar-refractivity contribution in [3.63, 3.8) is 0 Å². The first-order valence-corrected chi connectivity index (χ1v) is 14.4. The highest BCUT2D eigenvalue weighted by Gasteiger charge is 2.49. The molecule has 7 nitrogen and oxygen atoms in total. The molecule has 2 fully saturated rings. The summed E-state index contributed by atoms with van der Waals surface area (Å²) < 4.78 is 34.0. The lowest BCUT2D eigenvalue weighted by Crippen LogP contribution is -2.58. The van der Waals surface area contributed by atoms with Crippen molar-refractivity contribution in [2.75, 3.05) is 31.1 Å². The second-order valence-corrected chi connectivity index (χ2v) is 12.5. The first kappa shape index (κ1) is 25.0. The third-order valence-corrected chi connectivity index (χ3v) is 9.29. The lowest BCUT2D eigenvalue weighted by molar-refractivity contribution is 0.0269. The predicted octanol–water partition coefficient (Wildman–Crippen LogP) is 4.07. The monoisotopic (exact) mass is 508 g/mol. The molecule has 2 heterocycles. The van der Waals surface area contributed by atoms with Crippen LogP contribution in [0.1, 0.15) is 37.3 Å². The Morgan fingerprint density at radius 3 is 2.33 bits per heavy atom. The smallest absolute Gasteiger partial charge is 0.216 e. The normalized spacial score (nSPS) is 22.3. The molecule has 2 aliphatic rings. The number of hydrogen-bond acceptors (Lipinski definition) is 6. The van der Waals surface area contributed by atoms with Gasteiger partial charge in [0, 0.05) is 44.0 Å². The summed E-state index contributed by atoms with van der Waals surface area (Å²) in [7, 11) is -3.39. The highest BCUT2D eigenvalue weighted by Crippen LogP contribution is 2.48. The third kappa shape index (κ3) is 5.82. The van der Waals surface area contributed by atoms with Crippen LogP contribution in [0.4, 0.5) is 5.69 Å². The maximum atomic E-state index is 12.7. The highest BCUT2D eigenvalue weighted by molar-refractivity contribution is 7.88. The van der Waals surface area contributed by atoms with E-state index >= 15 is 0 Å². The molecule has 1 aliphatic heterocycles. The summed E-state index contributed by atoms with van der Waals surface area (Å²) in [5.41, 5.74) is 2.89. The molecule has 1 N–H and O–H groups in total. The second-order valence-electron chi connectivity index (χ2n) is 10.8. The molecular weight excluding hydrogens is 472 g/mol. The molecule has 3 aromatic rings. The van der Waals surface area contributed by atoms with Crippen LogP contribution < -0.4 is 9.62 Å². The summed E-state index contributed by atoms with van der Waals surface area (Å²) in [5, 5.41) is 4.34. The largest absolute Gasteiger partial charge is 0.369 e. The lowest BCUT2D eigenvalue weighted by Gasteiger charge is -2.52. The Labute approximate surface area is 214 Å². The number of nitrogens with zero attached hydrogens (tertiary/aromatic N) is 3. The van der Waals surface area contributed by atoms with Crippen LogP contribution in [0.3, 0.4) is 0 Å². The first-order chi connectivity index (χ1) is 17.3. The van der Waals surface area contributed by atoms with Crippen molar-refractivity contribution in [2.45, 2.75) is 45.0 Å². The zero-order valence-corrected chi connectivity index (χ0v) is 22.0. The number of benzene rings is 2. The van der Waals surface area contributed by atoms with E-state index in [0.717, 1.165) is 62.6 Å². The van der Waals surface area contributed by atoms with Crippen LogP contribution >= 0.6 is 0 Å². The maximum absolute atomic E-state index is 12.7. The van der Waals surface area contributed by atoms with Gasteiger partial charge in [-0.15, -0.1) is 0 Å². The zero-order valence-electron chi connectivity index (χ0n) is 21.1. The van der Waals surface area contributed by atoms with Crippen LogP contribution in [-0.2, 0) is 28.7 Å². The Morgan fingerprint density at radius 1 is 1.00 bits per heavy atom. The van der Waals surface area contributed by atoms with Crippen molar-refractivity contribution in [1.82, 2.24) is 14.8 Å². The maximum Gasteiger partial charge on any atom is 0.216 e. The van der Waals surface area contributed by atoms with Gasteiger partial charge in [-0.05, 0) is 41.9 Å². The summed E-state index contributed by atoms with van der Waals surface area (Å²) in [6, 6.07) is 21.9. The number of piperazine rings is 1. The van der Waals surface area contributed by atoms with E-state index in [1.54, 1.807) is 0 Å². The van der Waals surface area contributed by atoms with Crippen molar-refractivity contribution >= 4 is 15.7 Å². The molecule has 0 amide bonds. The van der Waals surface area contributed by atoms with E-state index in [4.69, 9.17) is 4.52 Å². The van der Waals surface area contributed by atoms with Gasteiger partial charge in [-0.1, -0.05) is 67.5 Å². The first-order valence-electron chi connectivity index (χ1n) is 12.8. The fraction of sp³-hybridized carbons (Fsp3) is 0.464. The van der Waals surface area contributed by atoms with Gasteiger partial charge < -0.3 is 9.42 Å². The number of rotatable bonds is 9.